The first-order valence-corrected chi connectivity index (χ1v) is 13.2. The van der Waals surface area contributed by atoms with Gasteiger partial charge in [0.05, 0.1) is 8.07 Å². The van der Waals surface area contributed by atoms with Crippen LogP contribution in [0.1, 0.15) is 0 Å². The molecule has 0 fully saturated rings. The summed E-state index contributed by atoms with van der Waals surface area (Å²) in [5, 5.41) is 1.53. The van der Waals surface area contributed by atoms with Crippen molar-refractivity contribution in [3.8, 4) is 0 Å². The van der Waals surface area contributed by atoms with Crippen molar-refractivity contribution < 1.29 is 0 Å². The van der Waals surface area contributed by atoms with Gasteiger partial charge in [0.25, 0.3) is 6.13 Å². The Kier molecular flexibility index (Phi) is 3.79. The van der Waals surface area contributed by atoms with Crippen LogP contribution >= 0.6 is 11.5 Å². The molecule has 0 saturated heterocycles. The Bertz CT molecular complexity index is 297. The van der Waals surface area contributed by atoms with E-state index in [0.29, 0.717) is 5.44 Å². The van der Waals surface area contributed by atoms with Crippen LogP contribution in [-0.4, -0.2) is 22.3 Å². The summed E-state index contributed by atoms with van der Waals surface area (Å²) in [6.07, 6.45) is 7.08. The van der Waals surface area contributed by atoms with Gasteiger partial charge in [0.2, 0.25) is 0 Å². The van der Waals surface area contributed by atoms with Gasteiger partial charge in [-0.05, 0) is 5.44 Å². The molecule has 1 rings (SSSR count). The Hall–Kier alpha value is 0.269. The Morgan fingerprint density at radius 2 is 1.67 bits per heavy atom. The van der Waals surface area contributed by atoms with Gasteiger partial charge in [0.1, 0.15) is 0 Å². The first-order valence-electron chi connectivity index (χ1n) is 5.67. The first-order chi connectivity index (χ1) is 6.64. The van der Waals surface area contributed by atoms with Gasteiger partial charge in [-0.15, -0.1) is 0 Å². The molecular weight excluding hydrogens is 235 g/mol. The van der Waals surface area contributed by atoms with Crippen molar-refractivity contribution in [1.29, 1.82) is 0 Å². The summed E-state index contributed by atoms with van der Waals surface area (Å²) >= 11 is 6.67. The summed E-state index contributed by atoms with van der Waals surface area (Å²) in [5.41, 5.74) is 0.603. The predicted molar refractivity (Wildman–Crippen MR) is 79.3 cm³/mol. The monoisotopic (exact) mass is 256 g/mol. The third kappa shape index (κ3) is 3.11. The Balaban J connectivity index is 2.99. The molecule has 15 heavy (non-hydrogen) atoms. The minimum atomic E-state index is -1.24. The van der Waals surface area contributed by atoms with Crippen molar-refractivity contribution in [3.63, 3.8) is 0 Å². The average molecular weight is 257 g/mol. The molecule has 0 saturated carbocycles. The van der Waals surface area contributed by atoms with Gasteiger partial charge in [-0.1, -0.05) is 62.6 Å². The van der Waals surface area contributed by atoms with E-state index in [4.69, 9.17) is 11.5 Å². The molecule has 84 valence electrons. The van der Waals surface area contributed by atoms with Crippen LogP contribution in [0.25, 0.3) is 0 Å². The lowest BCUT2D eigenvalue weighted by atomic mass is 9.68. The molecule has 1 atom stereocenters. The highest BCUT2D eigenvalue weighted by atomic mass is 35.5. The van der Waals surface area contributed by atoms with E-state index < -0.39 is 16.1 Å². The molecule has 1 aliphatic heterocycles. The molecule has 0 aliphatic carbocycles. The number of rotatable bonds is 2. The molecule has 0 bridgehead atoms. The van der Waals surface area contributed by atoms with Crippen LogP contribution < -0.4 is 0 Å². The van der Waals surface area contributed by atoms with Crippen molar-refractivity contribution in [2.45, 2.75) is 44.7 Å². The van der Waals surface area contributed by atoms with Gasteiger partial charge in [-0.3, -0.25) is 0 Å². The summed E-state index contributed by atoms with van der Waals surface area (Å²) in [7, 11) is -2.42. The molecule has 0 spiro atoms. The minimum Gasteiger partial charge on any atom is -0.189 e. The summed E-state index contributed by atoms with van der Waals surface area (Å²) in [5.74, 6) is 0. The third-order valence-corrected chi connectivity index (χ3v) is 8.71. The molecule has 4 heteroatoms. The maximum Gasteiger partial charge on any atom is 0.279 e. The maximum absolute atomic E-state index is 6.67. The molecule has 1 aliphatic rings. The number of allylic oxidation sites excluding steroid dienone is 3. The maximum atomic E-state index is 6.67. The zero-order valence-electron chi connectivity index (χ0n) is 10.8. The first kappa shape index (κ1) is 13.3. The second-order valence-electron chi connectivity index (χ2n) is 6.55. The molecular formula is C11H22BClSi2. The van der Waals surface area contributed by atoms with Gasteiger partial charge < -0.3 is 0 Å². The van der Waals surface area contributed by atoms with E-state index in [9.17, 15) is 0 Å². The Morgan fingerprint density at radius 1 is 1.13 bits per heavy atom. The van der Waals surface area contributed by atoms with Gasteiger partial charge in [-0.25, -0.2) is 0 Å². The van der Waals surface area contributed by atoms with E-state index in [0.717, 1.165) is 0 Å². The summed E-state index contributed by atoms with van der Waals surface area (Å²) in [6, 6.07) is 0. The normalized spacial score (nSPS) is 23.0. The lowest BCUT2D eigenvalue weighted by Crippen LogP contribution is -2.43. The summed E-state index contributed by atoms with van der Waals surface area (Å²) < 4.78 is 0. The molecule has 1 heterocycles. The van der Waals surface area contributed by atoms with Gasteiger partial charge in [0.15, 0.2) is 0 Å². The highest BCUT2D eigenvalue weighted by Crippen LogP contribution is 2.37. The number of hydrogen-bond acceptors (Lipinski definition) is 0. The van der Waals surface area contributed by atoms with Crippen molar-refractivity contribution in [3.05, 3.63) is 23.3 Å². The van der Waals surface area contributed by atoms with Gasteiger partial charge in [-0.2, -0.15) is 11.5 Å². The van der Waals surface area contributed by atoms with Gasteiger partial charge >= 0.3 is 0 Å². The van der Waals surface area contributed by atoms with Crippen molar-refractivity contribution >= 4 is 33.7 Å². The van der Waals surface area contributed by atoms with Gasteiger partial charge in [0, 0.05) is 8.07 Å². The van der Waals surface area contributed by atoms with Crippen LogP contribution in [0.15, 0.2) is 23.3 Å². The largest absolute Gasteiger partial charge is 0.279 e. The van der Waals surface area contributed by atoms with E-state index in [-0.39, 0.29) is 6.13 Å². The molecule has 0 radical (unpaired) electrons. The fourth-order valence-corrected chi connectivity index (χ4v) is 7.84. The average Bonchev–Trinajstić information content (AvgIpc) is 1.99. The lowest BCUT2D eigenvalue weighted by molar-refractivity contribution is 1.36. The third-order valence-electron chi connectivity index (χ3n) is 3.07. The van der Waals surface area contributed by atoms with Crippen molar-refractivity contribution in [2.75, 3.05) is 0 Å². The lowest BCUT2D eigenvalue weighted by Gasteiger charge is -2.35. The van der Waals surface area contributed by atoms with Crippen molar-refractivity contribution in [1.82, 2.24) is 0 Å². The summed E-state index contributed by atoms with van der Waals surface area (Å²) in [6.45, 7) is 14.4. The molecule has 0 N–H and O–H groups in total. The van der Waals surface area contributed by atoms with Crippen LogP contribution in [0.2, 0.25) is 44.7 Å². The van der Waals surface area contributed by atoms with Crippen LogP contribution in [-0.2, 0) is 0 Å². The molecule has 0 aromatic rings. The number of hydrogen-bond donors (Lipinski definition) is 0. The zero-order valence-corrected chi connectivity index (χ0v) is 13.5. The second-order valence-corrected chi connectivity index (χ2v) is 17.5. The fourth-order valence-electron chi connectivity index (χ4n) is 2.05. The van der Waals surface area contributed by atoms with E-state index in [1.807, 2.05) is 0 Å². The topological polar surface area (TPSA) is 0 Å². The molecule has 0 amide bonds. The van der Waals surface area contributed by atoms with E-state index in [2.05, 4.69) is 57.5 Å². The highest BCUT2D eigenvalue weighted by Gasteiger charge is 2.40. The predicted octanol–water partition coefficient (Wildman–Crippen LogP) is 4.38. The molecule has 0 nitrogen and oxygen atoms in total. The van der Waals surface area contributed by atoms with Crippen LogP contribution in [0.4, 0.5) is 0 Å². The van der Waals surface area contributed by atoms with Crippen LogP contribution in [0.5, 0.6) is 0 Å². The second kappa shape index (κ2) is 4.27. The molecule has 0 aromatic heterocycles. The SMILES string of the molecule is C[Si](C)(C)C1=CC=CC([Si](C)(C)C)B1Cl. The standard InChI is InChI=1S/C11H22BClSi2/c1-14(2,3)10-8-7-9-11(12(10)13)15(4,5)6/h7-10H,1-6H3. The summed E-state index contributed by atoms with van der Waals surface area (Å²) in [4.78, 5) is 0. The quantitative estimate of drug-likeness (QED) is 0.644. The van der Waals surface area contributed by atoms with Crippen LogP contribution in [0.3, 0.4) is 0 Å². The molecule has 0 aromatic carbocycles. The minimum absolute atomic E-state index is 0.258. The Labute approximate surface area is 102 Å². The number of halogens is 1. The zero-order chi connectivity index (χ0) is 11.9. The highest BCUT2D eigenvalue weighted by molar-refractivity contribution is 7.24. The Morgan fingerprint density at radius 3 is 2.07 bits per heavy atom. The fraction of sp³-hybridized carbons (Fsp3) is 0.636. The van der Waals surface area contributed by atoms with E-state index >= 15 is 0 Å². The van der Waals surface area contributed by atoms with E-state index in [1.54, 1.807) is 0 Å². The smallest absolute Gasteiger partial charge is 0.189 e. The van der Waals surface area contributed by atoms with Crippen LogP contribution in [0, 0.1) is 0 Å². The van der Waals surface area contributed by atoms with Crippen molar-refractivity contribution in [2.24, 2.45) is 0 Å². The van der Waals surface area contributed by atoms with E-state index in [1.165, 1.54) is 5.10 Å². The molecule has 1 unspecified atom stereocenters.